The van der Waals surface area contributed by atoms with Crippen molar-refractivity contribution in [2.75, 3.05) is 0 Å². The third-order valence-corrected chi connectivity index (χ3v) is 4.68. The van der Waals surface area contributed by atoms with Gasteiger partial charge in [0.2, 0.25) is 0 Å². The van der Waals surface area contributed by atoms with Crippen LogP contribution in [0.3, 0.4) is 0 Å². The maximum absolute atomic E-state index is 6.21. The number of hydrogen-bond acceptors (Lipinski definition) is 1. The molecule has 3 rings (SSSR count). The van der Waals surface area contributed by atoms with Crippen LogP contribution in [-0.4, -0.2) is 9.78 Å². The van der Waals surface area contributed by atoms with Gasteiger partial charge in [0.15, 0.2) is 0 Å². The van der Waals surface area contributed by atoms with Crippen LogP contribution in [0.2, 0.25) is 10.0 Å². The molecule has 0 bridgehead atoms. The van der Waals surface area contributed by atoms with Crippen molar-refractivity contribution in [3.63, 3.8) is 0 Å². The van der Waals surface area contributed by atoms with E-state index >= 15 is 0 Å². The highest BCUT2D eigenvalue weighted by Gasteiger charge is 2.07. The average Bonchev–Trinajstić information content (AvgIpc) is 2.93. The standard InChI is InChI=1S/C16H11Cl2IN2/c17-15-6-2-4-12(16(15)18)9-21-10-13(8-20-21)11-3-1-5-14(19)7-11/h1-8,10H,9H2. The number of nitrogens with zero attached hydrogens (tertiary/aromatic N) is 2. The molecule has 0 saturated carbocycles. The summed E-state index contributed by atoms with van der Waals surface area (Å²) in [6.07, 6.45) is 3.88. The van der Waals surface area contributed by atoms with Crippen LogP contribution in [0, 0.1) is 3.57 Å². The van der Waals surface area contributed by atoms with Crippen LogP contribution in [0.15, 0.2) is 54.9 Å². The molecular formula is C16H11Cl2IN2. The van der Waals surface area contributed by atoms with Crippen LogP contribution < -0.4 is 0 Å². The Morgan fingerprint density at radius 2 is 1.86 bits per heavy atom. The van der Waals surface area contributed by atoms with E-state index in [0.717, 1.165) is 16.7 Å². The number of halogens is 3. The van der Waals surface area contributed by atoms with Gasteiger partial charge < -0.3 is 0 Å². The van der Waals surface area contributed by atoms with Crippen LogP contribution in [0.5, 0.6) is 0 Å². The quantitative estimate of drug-likeness (QED) is 0.503. The predicted molar refractivity (Wildman–Crippen MR) is 95.9 cm³/mol. The van der Waals surface area contributed by atoms with E-state index < -0.39 is 0 Å². The highest BCUT2D eigenvalue weighted by molar-refractivity contribution is 14.1. The zero-order valence-corrected chi connectivity index (χ0v) is 14.6. The largest absolute Gasteiger partial charge is 0.268 e. The molecule has 3 aromatic rings. The van der Waals surface area contributed by atoms with Gasteiger partial charge in [-0.2, -0.15) is 5.10 Å². The summed E-state index contributed by atoms with van der Waals surface area (Å²) in [6, 6.07) is 14.0. The van der Waals surface area contributed by atoms with E-state index in [9.17, 15) is 0 Å². The molecule has 106 valence electrons. The van der Waals surface area contributed by atoms with Crippen LogP contribution in [0.1, 0.15) is 5.56 Å². The Kier molecular flexibility index (Phi) is 4.52. The van der Waals surface area contributed by atoms with Crippen molar-refractivity contribution in [2.24, 2.45) is 0 Å². The highest BCUT2D eigenvalue weighted by Crippen LogP contribution is 2.27. The fraction of sp³-hybridized carbons (Fsp3) is 0.0625. The molecule has 21 heavy (non-hydrogen) atoms. The van der Waals surface area contributed by atoms with Crippen molar-refractivity contribution in [3.05, 3.63) is 74.0 Å². The van der Waals surface area contributed by atoms with E-state index in [2.05, 4.69) is 45.9 Å². The summed E-state index contributed by atoms with van der Waals surface area (Å²) >= 11 is 14.6. The normalized spacial score (nSPS) is 10.8. The highest BCUT2D eigenvalue weighted by atomic mass is 127. The minimum Gasteiger partial charge on any atom is -0.268 e. The van der Waals surface area contributed by atoms with Gasteiger partial charge in [-0.15, -0.1) is 0 Å². The second-order valence-corrected chi connectivity index (χ2v) is 6.68. The molecule has 0 aliphatic carbocycles. The van der Waals surface area contributed by atoms with Gasteiger partial charge in [-0.05, 0) is 51.9 Å². The van der Waals surface area contributed by atoms with E-state index in [1.165, 1.54) is 3.57 Å². The first-order valence-electron chi connectivity index (χ1n) is 6.35. The van der Waals surface area contributed by atoms with Crippen LogP contribution in [0.4, 0.5) is 0 Å². The summed E-state index contributed by atoms with van der Waals surface area (Å²) in [4.78, 5) is 0. The number of hydrogen-bond donors (Lipinski definition) is 0. The number of rotatable bonds is 3. The summed E-state index contributed by atoms with van der Waals surface area (Å²) < 4.78 is 3.07. The summed E-state index contributed by atoms with van der Waals surface area (Å²) in [5.74, 6) is 0. The Bertz CT molecular complexity index is 783. The molecular weight excluding hydrogens is 418 g/mol. The predicted octanol–water partition coefficient (Wildman–Crippen LogP) is 5.51. The second kappa shape index (κ2) is 6.38. The fourth-order valence-electron chi connectivity index (χ4n) is 2.11. The summed E-state index contributed by atoms with van der Waals surface area (Å²) in [5.41, 5.74) is 3.21. The van der Waals surface area contributed by atoms with Crippen molar-refractivity contribution >= 4 is 45.8 Å². The molecule has 0 aliphatic rings. The molecule has 0 saturated heterocycles. The van der Waals surface area contributed by atoms with Gasteiger partial charge in [0.1, 0.15) is 0 Å². The number of aromatic nitrogens is 2. The molecule has 0 radical (unpaired) electrons. The van der Waals surface area contributed by atoms with E-state index in [4.69, 9.17) is 23.2 Å². The lowest BCUT2D eigenvalue weighted by Gasteiger charge is -2.05. The fourth-order valence-corrected chi connectivity index (χ4v) is 3.04. The molecule has 0 atom stereocenters. The van der Waals surface area contributed by atoms with Gasteiger partial charge in [-0.25, -0.2) is 0 Å². The second-order valence-electron chi connectivity index (χ2n) is 4.65. The number of benzene rings is 2. The Balaban J connectivity index is 1.87. The average molecular weight is 429 g/mol. The van der Waals surface area contributed by atoms with Crippen LogP contribution in [0.25, 0.3) is 11.1 Å². The van der Waals surface area contributed by atoms with Crippen molar-refractivity contribution in [3.8, 4) is 11.1 Å². The molecule has 0 unspecified atom stereocenters. The Morgan fingerprint density at radius 1 is 1.05 bits per heavy atom. The molecule has 5 heteroatoms. The van der Waals surface area contributed by atoms with Crippen LogP contribution in [-0.2, 0) is 6.54 Å². The molecule has 0 amide bonds. The third kappa shape index (κ3) is 3.42. The van der Waals surface area contributed by atoms with Gasteiger partial charge in [-0.1, -0.05) is 47.5 Å². The minimum absolute atomic E-state index is 0.569. The first-order chi connectivity index (χ1) is 10.1. The first kappa shape index (κ1) is 14.9. The van der Waals surface area contributed by atoms with Crippen molar-refractivity contribution < 1.29 is 0 Å². The Hall–Kier alpha value is -1.04. The van der Waals surface area contributed by atoms with E-state index in [1.54, 1.807) is 6.07 Å². The molecule has 0 aliphatic heterocycles. The topological polar surface area (TPSA) is 17.8 Å². The van der Waals surface area contributed by atoms with Gasteiger partial charge >= 0.3 is 0 Å². The van der Waals surface area contributed by atoms with Crippen molar-refractivity contribution in [2.45, 2.75) is 6.54 Å². The maximum Gasteiger partial charge on any atom is 0.0674 e. The van der Waals surface area contributed by atoms with Gasteiger partial charge in [-0.3, -0.25) is 4.68 Å². The minimum atomic E-state index is 0.569. The van der Waals surface area contributed by atoms with E-state index in [1.807, 2.05) is 35.3 Å². The zero-order valence-electron chi connectivity index (χ0n) is 10.9. The lowest BCUT2D eigenvalue weighted by Crippen LogP contribution is -2.00. The van der Waals surface area contributed by atoms with Gasteiger partial charge in [0.05, 0.1) is 22.8 Å². The third-order valence-electron chi connectivity index (χ3n) is 3.16. The lowest BCUT2D eigenvalue weighted by atomic mass is 10.1. The van der Waals surface area contributed by atoms with E-state index in [0.29, 0.717) is 16.6 Å². The van der Waals surface area contributed by atoms with Crippen molar-refractivity contribution in [1.82, 2.24) is 9.78 Å². The SMILES string of the molecule is Clc1cccc(Cn2cc(-c3cccc(I)c3)cn2)c1Cl. The van der Waals surface area contributed by atoms with Gasteiger partial charge in [0.25, 0.3) is 0 Å². The molecule has 0 spiro atoms. The van der Waals surface area contributed by atoms with E-state index in [-0.39, 0.29) is 0 Å². The molecule has 1 heterocycles. The molecule has 2 nitrogen and oxygen atoms in total. The summed E-state index contributed by atoms with van der Waals surface area (Å²) in [6.45, 7) is 0.601. The molecule has 2 aromatic carbocycles. The maximum atomic E-state index is 6.21. The summed E-state index contributed by atoms with van der Waals surface area (Å²) in [7, 11) is 0. The van der Waals surface area contributed by atoms with Crippen molar-refractivity contribution in [1.29, 1.82) is 0 Å². The lowest BCUT2D eigenvalue weighted by molar-refractivity contribution is 0.687. The molecule has 0 fully saturated rings. The Labute approximate surface area is 146 Å². The molecule has 0 N–H and O–H groups in total. The van der Waals surface area contributed by atoms with Gasteiger partial charge in [0, 0.05) is 15.3 Å². The smallest absolute Gasteiger partial charge is 0.0674 e. The Morgan fingerprint density at radius 3 is 2.67 bits per heavy atom. The van der Waals surface area contributed by atoms with Crippen LogP contribution >= 0.6 is 45.8 Å². The monoisotopic (exact) mass is 428 g/mol. The summed E-state index contributed by atoms with van der Waals surface area (Å²) in [5, 5.41) is 5.56. The molecule has 1 aromatic heterocycles. The zero-order chi connectivity index (χ0) is 14.8. The first-order valence-corrected chi connectivity index (χ1v) is 8.18.